The Kier molecular flexibility index (Phi) is 3.08. The van der Waals surface area contributed by atoms with Gasteiger partial charge in [0, 0.05) is 0 Å². The fraction of sp³-hybridized carbons (Fsp3) is 0.800. The van der Waals surface area contributed by atoms with E-state index in [0.29, 0.717) is 24.6 Å². The summed E-state index contributed by atoms with van der Waals surface area (Å²) in [7, 11) is 0. The van der Waals surface area contributed by atoms with Gasteiger partial charge in [-0.1, -0.05) is 19.3 Å². The van der Waals surface area contributed by atoms with Crippen LogP contribution in [0.3, 0.4) is 0 Å². The van der Waals surface area contributed by atoms with Crippen LogP contribution in [-0.4, -0.2) is 21.4 Å². The van der Waals surface area contributed by atoms with Crippen LogP contribution < -0.4 is 10.5 Å². The van der Waals surface area contributed by atoms with E-state index in [0.717, 1.165) is 12.8 Å². The van der Waals surface area contributed by atoms with Crippen molar-refractivity contribution in [3.8, 4) is 6.01 Å². The van der Waals surface area contributed by atoms with E-state index in [4.69, 9.17) is 10.5 Å². The van der Waals surface area contributed by atoms with Crippen LogP contribution in [0.5, 0.6) is 6.01 Å². The Bertz CT molecular complexity index is 317. The van der Waals surface area contributed by atoms with E-state index in [9.17, 15) is 0 Å². The van der Waals surface area contributed by atoms with Crippen LogP contribution in [0.2, 0.25) is 0 Å². The number of nitrogens with zero attached hydrogens (tertiary/aromatic N) is 3. The summed E-state index contributed by atoms with van der Waals surface area (Å²) >= 11 is 0. The van der Waals surface area contributed by atoms with Gasteiger partial charge in [-0.2, -0.15) is 4.98 Å². The lowest BCUT2D eigenvalue weighted by Gasteiger charge is -2.21. The molecule has 15 heavy (non-hydrogen) atoms. The molecule has 1 saturated carbocycles. The first-order chi connectivity index (χ1) is 7.31. The molecule has 0 radical (unpaired) electrons. The van der Waals surface area contributed by atoms with Crippen molar-refractivity contribution < 1.29 is 4.74 Å². The molecule has 0 unspecified atom stereocenters. The number of ether oxygens (including phenoxy) is 1. The van der Waals surface area contributed by atoms with Crippen LogP contribution in [-0.2, 0) is 0 Å². The molecule has 5 nitrogen and oxygen atoms in total. The Hall–Kier alpha value is -1.26. The van der Waals surface area contributed by atoms with E-state index >= 15 is 0 Å². The maximum absolute atomic E-state index is 5.81. The van der Waals surface area contributed by atoms with Crippen molar-refractivity contribution in [1.29, 1.82) is 0 Å². The molecule has 1 aromatic heterocycles. The quantitative estimate of drug-likeness (QED) is 0.825. The summed E-state index contributed by atoms with van der Waals surface area (Å²) < 4.78 is 7.06. The van der Waals surface area contributed by atoms with E-state index in [2.05, 4.69) is 10.1 Å². The monoisotopic (exact) mass is 210 g/mol. The second-order valence-electron chi connectivity index (χ2n) is 3.92. The summed E-state index contributed by atoms with van der Waals surface area (Å²) in [5, 5.41) is 4.28. The van der Waals surface area contributed by atoms with Gasteiger partial charge >= 0.3 is 6.01 Å². The number of anilines is 1. The second kappa shape index (κ2) is 4.51. The molecule has 0 spiro atoms. The molecule has 5 heteroatoms. The molecule has 0 saturated heterocycles. The summed E-state index contributed by atoms with van der Waals surface area (Å²) in [6.07, 6.45) is 6.14. The zero-order chi connectivity index (χ0) is 10.7. The summed E-state index contributed by atoms with van der Waals surface area (Å²) in [6, 6.07) is 0.820. The summed E-state index contributed by atoms with van der Waals surface area (Å²) in [4.78, 5) is 4.08. The normalized spacial score (nSPS) is 17.9. The molecule has 0 amide bonds. The second-order valence-corrected chi connectivity index (χ2v) is 3.92. The fourth-order valence-corrected chi connectivity index (χ4v) is 2.10. The number of hydrogen-bond donors (Lipinski definition) is 1. The van der Waals surface area contributed by atoms with Crippen LogP contribution in [0.4, 0.5) is 5.95 Å². The predicted molar refractivity (Wildman–Crippen MR) is 57.7 cm³/mol. The van der Waals surface area contributed by atoms with Crippen molar-refractivity contribution >= 4 is 5.95 Å². The Morgan fingerprint density at radius 1 is 1.40 bits per heavy atom. The standard InChI is InChI=1S/C10H18N4O/c1-2-15-10-12-9(11)14(13-10)8-6-4-3-5-7-8/h8H,2-7H2,1H3,(H2,11,12,13). The Morgan fingerprint density at radius 2 is 2.13 bits per heavy atom. The van der Waals surface area contributed by atoms with Gasteiger partial charge in [-0.25, -0.2) is 4.68 Å². The molecule has 1 aliphatic carbocycles. The maximum Gasteiger partial charge on any atom is 0.337 e. The topological polar surface area (TPSA) is 66.0 Å². The van der Waals surface area contributed by atoms with Gasteiger partial charge in [0.15, 0.2) is 0 Å². The maximum atomic E-state index is 5.81. The molecule has 1 heterocycles. The molecular weight excluding hydrogens is 192 g/mol. The van der Waals surface area contributed by atoms with Crippen LogP contribution >= 0.6 is 0 Å². The minimum absolute atomic E-state index is 0.403. The van der Waals surface area contributed by atoms with Gasteiger partial charge in [0.2, 0.25) is 5.95 Å². The predicted octanol–water partition coefficient (Wildman–Crippen LogP) is 1.76. The molecule has 2 rings (SSSR count). The van der Waals surface area contributed by atoms with Crippen LogP contribution in [0, 0.1) is 0 Å². The van der Waals surface area contributed by atoms with Gasteiger partial charge in [0.25, 0.3) is 0 Å². The molecule has 1 aliphatic rings. The summed E-state index contributed by atoms with van der Waals surface area (Å²) in [6.45, 7) is 2.49. The minimum Gasteiger partial charge on any atom is -0.463 e. The molecule has 0 aromatic carbocycles. The van der Waals surface area contributed by atoms with Gasteiger partial charge < -0.3 is 10.5 Å². The van der Waals surface area contributed by atoms with Crippen molar-refractivity contribution in [1.82, 2.24) is 14.8 Å². The van der Waals surface area contributed by atoms with Gasteiger partial charge in [0.05, 0.1) is 12.6 Å². The Labute approximate surface area is 89.6 Å². The third-order valence-electron chi connectivity index (χ3n) is 2.83. The molecule has 84 valence electrons. The largest absolute Gasteiger partial charge is 0.463 e. The fourth-order valence-electron chi connectivity index (χ4n) is 2.10. The van der Waals surface area contributed by atoms with Crippen molar-refractivity contribution in [3.63, 3.8) is 0 Å². The van der Waals surface area contributed by atoms with E-state index in [1.165, 1.54) is 19.3 Å². The number of aromatic nitrogens is 3. The highest BCUT2D eigenvalue weighted by Gasteiger charge is 2.19. The van der Waals surface area contributed by atoms with Crippen LogP contribution in [0.1, 0.15) is 45.1 Å². The molecule has 0 bridgehead atoms. The average molecular weight is 210 g/mol. The number of rotatable bonds is 3. The summed E-state index contributed by atoms with van der Waals surface area (Å²) in [5.41, 5.74) is 5.81. The third kappa shape index (κ3) is 2.22. The highest BCUT2D eigenvalue weighted by molar-refractivity contribution is 5.19. The van der Waals surface area contributed by atoms with Crippen LogP contribution in [0.25, 0.3) is 0 Å². The highest BCUT2D eigenvalue weighted by Crippen LogP contribution is 2.29. The molecular formula is C10H18N4O. The Morgan fingerprint density at radius 3 is 2.80 bits per heavy atom. The molecule has 0 atom stereocenters. The van der Waals surface area contributed by atoms with Gasteiger partial charge in [-0.05, 0) is 19.8 Å². The molecule has 1 fully saturated rings. The number of hydrogen-bond acceptors (Lipinski definition) is 4. The highest BCUT2D eigenvalue weighted by atomic mass is 16.5. The number of nitrogens with two attached hydrogens (primary N) is 1. The van der Waals surface area contributed by atoms with E-state index in [1.807, 2.05) is 11.6 Å². The van der Waals surface area contributed by atoms with Crippen molar-refractivity contribution in [2.45, 2.75) is 45.1 Å². The Balaban J connectivity index is 2.11. The summed E-state index contributed by atoms with van der Waals surface area (Å²) in [5.74, 6) is 0.477. The van der Waals surface area contributed by atoms with Gasteiger partial charge in [0.1, 0.15) is 0 Å². The van der Waals surface area contributed by atoms with Crippen molar-refractivity contribution in [3.05, 3.63) is 0 Å². The van der Waals surface area contributed by atoms with Crippen LogP contribution in [0.15, 0.2) is 0 Å². The SMILES string of the molecule is CCOc1nc(N)n(C2CCCCC2)n1. The lowest BCUT2D eigenvalue weighted by Crippen LogP contribution is -2.16. The number of nitrogen functional groups attached to an aromatic ring is 1. The lowest BCUT2D eigenvalue weighted by atomic mass is 9.96. The molecule has 1 aromatic rings. The van der Waals surface area contributed by atoms with Crippen molar-refractivity contribution in [2.24, 2.45) is 0 Å². The first kappa shape index (κ1) is 10.3. The van der Waals surface area contributed by atoms with Gasteiger partial charge in [-0.3, -0.25) is 0 Å². The minimum atomic E-state index is 0.403. The zero-order valence-electron chi connectivity index (χ0n) is 9.15. The average Bonchev–Trinajstić information content (AvgIpc) is 2.61. The third-order valence-corrected chi connectivity index (χ3v) is 2.83. The smallest absolute Gasteiger partial charge is 0.337 e. The van der Waals surface area contributed by atoms with E-state index < -0.39 is 0 Å². The molecule has 2 N–H and O–H groups in total. The van der Waals surface area contributed by atoms with Gasteiger partial charge in [-0.15, -0.1) is 5.10 Å². The first-order valence-electron chi connectivity index (χ1n) is 5.66. The lowest BCUT2D eigenvalue weighted by molar-refractivity contribution is 0.293. The molecule has 0 aliphatic heterocycles. The van der Waals surface area contributed by atoms with E-state index in [-0.39, 0.29) is 0 Å². The first-order valence-corrected chi connectivity index (χ1v) is 5.66. The van der Waals surface area contributed by atoms with Crippen molar-refractivity contribution in [2.75, 3.05) is 12.3 Å². The zero-order valence-corrected chi connectivity index (χ0v) is 9.15. The van der Waals surface area contributed by atoms with E-state index in [1.54, 1.807) is 0 Å².